The quantitative estimate of drug-likeness (QED) is 0.0365. The predicted molar refractivity (Wildman–Crippen MR) is 245 cm³/mol. The number of carbonyl (C=O) groups excluding carboxylic acids is 1. The molecule has 0 saturated carbocycles. The van der Waals surface area contributed by atoms with Crippen molar-refractivity contribution >= 4 is 5.91 Å². The van der Waals surface area contributed by atoms with E-state index in [1.807, 2.05) is 0 Å². The number of amides is 1. The number of aliphatic hydroxyl groups excluding tert-OH is 3. The summed E-state index contributed by atoms with van der Waals surface area (Å²) in [7, 11) is 0. The van der Waals surface area contributed by atoms with Crippen LogP contribution in [0, 0.1) is 0 Å². The van der Waals surface area contributed by atoms with E-state index in [1.165, 1.54) is 218 Å². The molecule has 0 aromatic carbocycles. The van der Waals surface area contributed by atoms with Crippen LogP contribution in [0.1, 0.15) is 284 Å². The maximum Gasteiger partial charge on any atom is 0.220 e. The van der Waals surface area contributed by atoms with Gasteiger partial charge in [-0.25, -0.2) is 0 Å². The first-order valence-electron chi connectivity index (χ1n) is 25.5. The first kappa shape index (κ1) is 55.1. The summed E-state index contributed by atoms with van der Waals surface area (Å²) in [6.45, 7) is 4.20. The van der Waals surface area contributed by atoms with Gasteiger partial charge in [0.15, 0.2) is 0 Å². The Bertz CT molecular complexity index is 788. The van der Waals surface area contributed by atoms with E-state index in [1.54, 1.807) is 0 Å². The first-order chi connectivity index (χ1) is 27.6. The molecule has 5 nitrogen and oxygen atoms in total. The molecule has 0 aromatic rings. The summed E-state index contributed by atoms with van der Waals surface area (Å²) in [5.41, 5.74) is 0. The van der Waals surface area contributed by atoms with Gasteiger partial charge in [0.05, 0.1) is 18.8 Å². The standard InChI is InChI=1S/C51H101NO4/c1-3-5-7-9-11-13-15-17-19-21-23-25-27-29-31-33-35-37-39-41-43-45-49(54)51(56)48(47-53)52-50(55)46-44-42-40-38-36-34-32-30-28-26-24-22-20-18-16-14-12-10-8-6-4-2/h37,39,48-49,51,53-54,56H,3-36,38,40-47H2,1-2H3,(H,52,55)/b39-37+. The van der Waals surface area contributed by atoms with E-state index in [0.29, 0.717) is 12.8 Å². The number of nitrogens with one attached hydrogen (secondary N) is 1. The van der Waals surface area contributed by atoms with Gasteiger partial charge in [0.25, 0.3) is 0 Å². The van der Waals surface area contributed by atoms with Gasteiger partial charge in [-0.15, -0.1) is 0 Å². The monoisotopic (exact) mass is 792 g/mol. The zero-order chi connectivity index (χ0) is 40.8. The van der Waals surface area contributed by atoms with Gasteiger partial charge in [0.2, 0.25) is 5.91 Å². The topological polar surface area (TPSA) is 89.8 Å². The number of hydrogen-bond acceptors (Lipinski definition) is 4. The molecule has 3 unspecified atom stereocenters. The van der Waals surface area contributed by atoms with Gasteiger partial charge in [-0.05, 0) is 38.5 Å². The van der Waals surface area contributed by atoms with Gasteiger partial charge in [-0.3, -0.25) is 4.79 Å². The molecule has 0 bridgehead atoms. The normalized spacial score (nSPS) is 13.4. The van der Waals surface area contributed by atoms with Crippen LogP contribution < -0.4 is 5.32 Å². The van der Waals surface area contributed by atoms with Crippen LogP contribution in [-0.2, 0) is 4.79 Å². The molecule has 3 atom stereocenters. The Labute approximate surface area is 350 Å². The maximum absolute atomic E-state index is 12.5. The Kier molecular flexibility index (Phi) is 46.0. The fraction of sp³-hybridized carbons (Fsp3) is 0.941. The molecule has 0 heterocycles. The molecule has 0 spiro atoms. The van der Waals surface area contributed by atoms with Gasteiger partial charge in [0.1, 0.15) is 6.10 Å². The summed E-state index contributed by atoms with van der Waals surface area (Å²) in [6, 6.07) is -0.821. The lowest BCUT2D eigenvalue weighted by atomic mass is 10.0. The molecular weight excluding hydrogens is 691 g/mol. The Morgan fingerprint density at radius 3 is 1.04 bits per heavy atom. The van der Waals surface area contributed by atoms with E-state index in [0.717, 1.165) is 38.5 Å². The van der Waals surface area contributed by atoms with Crippen molar-refractivity contribution in [3.8, 4) is 0 Å². The highest BCUT2D eigenvalue weighted by molar-refractivity contribution is 5.76. The molecule has 1 amide bonds. The van der Waals surface area contributed by atoms with Gasteiger partial charge >= 0.3 is 0 Å². The lowest BCUT2D eigenvalue weighted by Gasteiger charge is -2.26. The third kappa shape index (κ3) is 41.3. The molecule has 0 aliphatic rings. The molecule has 0 rings (SSSR count). The van der Waals surface area contributed by atoms with Crippen molar-refractivity contribution in [1.29, 1.82) is 0 Å². The molecular formula is C51H101NO4. The maximum atomic E-state index is 12.5. The fourth-order valence-electron chi connectivity index (χ4n) is 8.17. The van der Waals surface area contributed by atoms with E-state index in [-0.39, 0.29) is 12.5 Å². The molecule has 0 aliphatic carbocycles. The number of aliphatic hydroxyl groups is 3. The zero-order valence-corrected chi connectivity index (χ0v) is 38.0. The number of carbonyl (C=O) groups is 1. The third-order valence-electron chi connectivity index (χ3n) is 12.1. The minimum atomic E-state index is -1.15. The second kappa shape index (κ2) is 46.8. The molecule has 5 heteroatoms. The number of allylic oxidation sites excluding steroid dienone is 2. The van der Waals surface area contributed by atoms with Crippen LogP contribution in [0.25, 0.3) is 0 Å². The van der Waals surface area contributed by atoms with Gasteiger partial charge in [-0.1, -0.05) is 251 Å². The van der Waals surface area contributed by atoms with Crippen LogP contribution in [0.4, 0.5) is 0 Å². The van der Waals surface area contributed by atoms with Crippen molar-refractivity contribution in [1.82, 2.24) is 5.32 Å². The molecule has 0 aromatic heterocycles. The van der Waals surface area contributed by atoms with E-state index >= 15 is 0 Å². The lowest BCUT2D eigenvalue weighted by Crippen LogP contribution is -2.50. The second-order valence-corrected chi connectivity index (χ2v) is 17.7. The number of rotatable bonds is 47. The van der Waals surface area contributed by atoms with Crippen LogP contribution in [0.15, 0.2) is 12.2 Å². The third-order valence-corrected chi connectivity index (χ3v) is 12.1. The first-order valence-corrected chi connectivity index (χ1v) is 25.5. The van der Waals surface area contributed by atoms with Crippen LogP contribution in [0.2, 0.25) is 0 Å². The minimum absolute atomic E-state index is 0.148. The summed E-state index contributed by atoms with van der Waals surface area (Å²) >= 11 is 0. The van der Waals surface area contributed by atoms with Crippen molar-refractivity contribution in [3.05, 3.63) is 12.2 Å². The van der Waals surface area contributed by atoms with Crippen molar-refractivity contribution in [2.75, 3.05) is 6.61 Å². The highest BCUT2D eigenvalue weighted by atomic mass is 16.3. The largest absolute Gasteiger partial charge is 0.394 e. The average molecular weight is 792 g/mol. The summed E-state index contributed by atoms with van der Waals surface area (Å²) < 4.78 is 0. The average Bonchev–Trinajstić information content (AvgIpc) is 3.20. The van der Waals surface area contributed by atoms with Gasteiger partial charge in [0, 0.05) is 6.42 Å². The number of unbranched alkanes of at least 4 members (excludes halogenated alkanes) is 37. The van der Waals surface area contributed by atoms with E-state index < -0.39 is 18.2 Å². The zero-order valence-electron chi connectivity index (χ0n) is 38.0. The predicted octanol–water partition coefficient (Wildman–Crippen LogP) is 15.2. The molecule has 0 radical (unpaired) electrons. The molecule has 4 N–H and O–H groups in total. The Hall–Kier alpha value is -0.910. The summed E-state index contributed by atoms with van der Waals surface area (Å²) in [5, 5.41) is 33.7. The van der Waals surface area contributed by atoms with Crippen LogP contribution in [0.3, 0.4) is 0 Å². The van der Waals surface area contributed by atoms with Crippen molar-refractivity contribution in [2.45, 2.75) is 302 Å². The molecule has 334 valence electrons. The highest BCUT2D eigenvalue weighted by Gasteiger charge is 2.26. The van der Waals surface area contributed by atoms with Crippen LogP contribution >= 0.6 is 0 Å². The molecule has 0 aliphatic heterocycles. The fourth-order valence-corrected chi connectivity index (χ4v) is 8.17. The molecule has 56 heavy (non-hydrogen) atoms. The smallest absolute Gasteiger partial charge is 0.220 e. The highest BCUT2D eigenvalue weighted by Crippen LogP contribution is 2.17. The van der Waals surface area contributed by atoms with Crippen LogP contribution in [-0.4, -0.2) is 46.1 Å². The summed E-state index contributed by atoms with van der Waals surface area (Å²) in [6.07, 6.45) is 56.3. The summed E-state index contributed by atoms with van der Waals surface area (Å²) in [4.78, 5) is 12.5. The Morgan fingerprint density at radius 1 is 0.429 bits per heavy atom. The minimum Gasteiger partial charge on any atom is -0.394 e. The van der Waals surface area contributed by atoms with Crippen LogP contribution in [0.5, 0.6) is 0 Å². The van der Waals surface area contributed by atoms with E-state index in [9.17, 15) is 20.1 Å². The van der Waals surface area contributed by atoms with E-state index in [4.69, 9.17) is 0 Å². The van der Waals surface area contributed by atoms with Gasteiger partial charge in [-0.2, -0.15) is 0 Å². The van der Waals surface area contributed by atoms with Crippen molar-refractivity contribution < 1.29 is 20.1 Å². The second-order valence-electron chi connectivity index (χ2n) is 17.7. The molecule has 0 fully saturated rings. The SMILES string of the molecule is CCCCCCCCCCCCCCCCCC/C=C/CCCC(O)C(O)C(CO)NC(=O)CCCCCCCCCCCCCCCCCCCCCCC. The Morgan fingerprint density at radius 2 is 0.714 bits per heavy atom. The summed E-state index contributed by atoms with van der Waals surface area (Å²) in [5.74, 6) is -0.148. The van der Waals surface area contributed by atoms with Crippen molar-refractivity contribution in [3.63, 3.8) is 0 Å². The van der Waals surface area contributed by atoms with Gasteiger partial charge < -0.3 is 20.6 Å². The Balaban J connectivity index is 3.58. The molecule has 0 saturated heterocycles. The lowest BCUT2D eigenvalue weighted by molar-refractivity contribution is -0.124. The number of hydrogen-bond donors (Lipinski definition) is 4. The van der Waals surface area contributed by atoms with E-state index in [2.05, 4.69) is 31.3 Å². The van der Waals surface area contributed by atoms with Crippen molar-refractivity contribution in [2.24, 2.45) is 0 Å².